The average Bonchev–Trinajstić information content (AvgIpc) is 2.23. The monoisotopic (exact) mass is 268 g/mol. The zero-order valence-corrected chi connectivity index (χ0v) is 10.2. The van der Waals surface area contributed by atoms with E-state index >= 15 is 0 Å². The molecule has 1 fully saturated rings. The molecule has 0 spiro atoms. The summed E-state index contributed by atoms with van der Waals surface area (Å²) in [5, 5.41) is 0. The lowest BCUT2D eigenvalue weighted by molar-refractivity contribution is -0.153. The maximum atomic E-state index is 11.2. The first kappa shape index (κ1) is 10.7. The quantitative estimate of drug-likeness (QED) is 0.732. The molecule has 0 bridgehead atoms. The van der Waals surface area contributed by atoms with Crippen LogP contribution in [0.3, 0.4) is 0 Å². The summed E-state index contributed by atoms with van der Waals surface area (Å²) < 4.78 is 6.21. The van der Waals surface area contributed by atoms with Gasteiger partial charge < -0.3 is 4.74 Å². The second-order valence-electron chi connectivity index (χ2n) is 4.02. The Hall–Kier alpha value is -0.830. The summed E-state index contributed by atoms with van der Waals surface area (Å²) in [6.45, 7) is 2.44. The van der Waals surface area contributed by atoms with E-state index in [-0.39, 0.29) is 11.9 Å². The molecule has 3 heteroatoms. The van der Waals surface area contributed by atoms with Crippen molar-refractivity contribution in [3.8, 4) is 0 Å². The highest BCUT2D eigenvalue weighted by Gasteiger charge is 2.27. The molecule has 2 nitrogen and oxygen atoms in total. The molecule has 1 aliphatic rings. The van der Waals surface area contributed by atoms with Crippen molar-refractivity contribution in [3.05, 3.63) is 34.3 Å². The molecular formula is C12H13BrO2. The van der Waals surface area contributed by atoms with Crippen LogP contribution in [0.2, 0.25) is 0 Å². The Balaban J connectivity index is 2.12. The van der Waals surface area contributed by atoms with Crippen LogP contribution in [0.25, 0.3) is 0 Å². The van der Waals surface area contributed by atoms with Crippen molar-refractivity contribution in [2.24, 2.45) is 5.92 Å². The summed E-state index contributed by atoms with van der Waals surface area (Å²) in [6.07, 6.45) is 0.889. The minimum Gasteiger partial charge on any atom is -0.465 e. The van der Waals surface area contributed by atoms with Gasteiger partial charge in [-0.15, -0.1) is 0 Å². The minimum atomic E-state index is -0.0663. The summed E-state index contributed by atoms with van der Waals surface area (Å²) in [5.41, 5.74) is 1.25. The van der Waals surface area contributed by atoms with Gasteiger partial charge >= 0.3 is 5.97 Å². The van der Waals surface area contributed by atoms with Gasteiger partial charge in [-0.1, -0.05) is 35.0 Å². The van der Waals surface area contributed by atoms with Gasteiger partial charge in [0.25, 0.3) is 0 Å². The fourth-order valence-electron chi connectivity index (χ4n) is 1.88. The van der Waals surface area contributed by atoms with Crippen LogP contribution in [0.4, 0.5) is 0 Å². The molecule has 0 radical (unpaired) electrons. The lowest BCUT2D eigenvalue weighted by atomic mass is 9.88. The highest BCUT2D eigenvalue weighted by atomic mass is 79.9. The van der Waals surface area contributed by atoms with Crippen molar-refractivity contribution >= 4 is 21.9 Å². The Kier molecular flexibility index (Phi) is 3.10. The summed E-state index contributed by atoms with van der Waals surface area (Å²) in [5.74, 6) is 0.307. The third kappa shape index (κ3) is 2.40. The van der Waals surface area contributed by atoms with E-state index in [1.54, 1.807) is 0 Å². The van der Waals surface area contributed by atoms with Gasteiger partial charge in [0, 0.05) is 10.4 Å². The van der Waals surface area contributed by atoms with Gasteiger partial charge in [0.1, 0.15) is 0 Å². The van der Waals surface area contributed by atoms with Gasteiger partial charge in [0.05, 0.1) is 12.5 Å². The average molecular weight is 269 g/mol. The van der Waals surface area contributed by atoms with E-state index in [0.717, 1.165) is 10.9 Å². The first-order valence-electron chi connectivity index (χ1n) is 5.09. The van der Waals surface area contributed by atoms with E-state index in [0.29, 0.717) is 12.5 Å². The van der Waals surface area contributed by atoms with Crippen LogP contribution in [-0.2, 0) is 9.53 Å². The fourth-order valence-corrected chi connectivity index (χ4v) is 2.15. The summed E-state index contributed by atoms with van der Waals surface area (Å²) in [7, 11) is 0. The molecule has 1 aromatic rings. The van der Waals surface area contributed by atoms with E-state index < -0.39 is 0 Å². The number of carbonyl (C=O) groups is 1. The predicted octanol–water partition coefficient (Wildman–Crippen LogP) is 3.12. The number of esters is 1. The lowest BCUT2D eigenvalue weighted by Crippen LogP contribution is -2.27. The van der Waals surface area contributed by atoms with E-state index in [1.165, 1.54) is 5.56 Å². The van der Waals surface area contributed by atoms with Crippen LogP contribution in [0.1, 0.15) is 24.8 Å². The lowest BCUT2D eigenvalue weighted by Gasteiger charge is -2.26. The Labute approximate surface area is 97.8 Å². The summed E-state index contributed by atoms with van der Waals surface area (Å²) in [6, 6.07) is 8.22. The van der Waals surface area contributed by atoms with Gasteiger partial charge in [-0.05, 0) is 24.1 Å². The number of ether oxygens (including phenoxy) is 1. The van der Waals surface area contributed by atoms with Crippen molar-refractivity contribution in [2.45, 2.75) is 19.3 Å². The highest BCUT2D eigenvalue weighted by molar-refractivity contribution is 9.10. The molecule has 15 heavy (non-hydrogen) atoms. The smallest absolute Gasteiger partial charge is 0.308 e. The van der Waals surface area contributed by atoms with Crippen molar-refractivity contribution in [2.75, 3.05) is 6.61 Å². The Bertz CT molecular complexity index is 358. The number of halogens is 1. The van der Waals surface area contributed by atoms with E-state index in [2.05, 4.69) is 28.1 Å². The molecule has 1 heterocycles. The molecule has 0 N–H and O–H groups in total. The molecule has 0 aliphatic carbocycles. The normalized spacial score (nSPS) is 26.1. The van der Waals surface area contributed by atoms with Crippen molar-refractivity contribution < 1.29 is 9.53 Å². The first-order valence-corrected chi connectivity index (χ1v) is 5.88. The molecule has 1 aromatic carbocycles. The third-order valence-corrected chi connectivity index (χ3v) is 3.34. The van der Waals surface area contributed by atoms with Gasteiger partial charge in [-0.3, -0.25) is 4.79 Å². The number of cyclic esters (lactones) is 1. The van der Waals surface area contributed by atoms with Crippen molar-refractivity contribution in [3.63, 3.8) is 0 Å². The van der Waals surface area contributed by atoms with Gasteiger partial charge in [-0.25, -0.2) is 0 Å². The first-order chi connectivity index (χ1) is 7.16. The highest BCUT2D eigenvalue weighted by Crippen LogP contribution is 2.29. The van der Waals surface area contributed by atoms with Crippen LogP contribution in [-0.4, -0.2) is 12.6 Å². The fraction of sp³-hybridized carbons (Fsp3) is 0.417. The Morgan fingerprint density at radius 3 is 2.60 bits per heavy atom. The number of hydrogen-bond donors (Lipinski definition) is 0. The molecule has 80 valence electrons. The molecule has 1 aliphatic heterocycles. The van der Waals surface area contributed by atoms with Gasteiger partial charge in [0.2, 0.25) is 0 Å². The number of carbonyl (C=O) groups excluding carboxylic acids is 1. The van der Waals surface area contributed by atoms with Crippen molar-refractivity contribution in [1.82, 2.24) is 0 Å². The van der Waals surface area contributed by atoms with E-state index in [9.17, 15) is 4.79 Å². The summed E-state index contributed by atoms with van der Waals surface area (Å²) >= 11 is 3.41. The molecular weight excluding hydrogens is 256 g/mol. The van der Waals surface area contributed by atoms with Crippen LogP contribution in [0.15, 0.2) is 28.7 Å². The second kappa shape index (κ2) is 4.35. The molecule has 2 atom stereocenters. The number of hydrogen-bond acceptors (Lipinski definition) is 2. The third-order valence-electron chi connectivity index (χ3n) is 2.81. The SMILES string of the molecule is C[C@H]1C[C@@H](c2ccc(Br)cc2)COC1=O. The maximum Gasteiger partial charge on any atom is 0.308 e. The Morgan fingerprint density at radius 2 is 2.00 bits per heavy atom. The van der Waals surface area contributed by atoms with E-state index in [4.69, 9.17) is 4.74 Å². The predicted molar refractivity (Wildman–Crippen MR) is 61.6 cm³/mol. The maximum absolute atomic E-state index is 11.2. The molecule has 1 saturated heterocycles. The molecule has 2 rings (SSSR count). The number of rotatable bonds is 1. The van der Waals surface area contributed by atoms with Crippen LogP contribution < -0.4 is 0 Å². The number of benzene rings is 1. The van der Waals surface area contributed by atoms with Crippen LogP contribution in [0.5, 0.6) is 0 Å². The molecule has 0 aromatic heterocycles. The molecule has 0 saturated carbocycles. The van der Waals surface area contributed by atoms with Crippen LogP contribution >= 0.6 is 15.9 Å². The second-order valence-corrected chi connectivity index (χ2v) is 4.93. The van der Waals surface area contributed by atoms with E-state index in [1.807, 2.05) is 19.1 Å². The zero-order chi connectivity index (χ0) is 10.8. The standard InChI is InChI=1S/C12H13BrO2/c1-8-6-10(7-15-12(8)14)9-2-4-11(13)5-3-9/h2-5,8,10H,6-7H2,1H3/t8-,10+/m0/s1. The zero-order valence-electron chi connectivity index (χ0n) is 8.57. The Morgan fingerprint density at radius 1 is 1.33 bits per heavy atom. The summed E-state index contributed by atoms with van der Waals surface area (Å²) in [4.78, 5) is 11.2. The van der Waals surface area contributed by atoms with Gasteiger partial charge in [0.15, 0.2) is 0 Å². The topological polar surface area (TPSA) is 26.3 Å². The molecule has 0 unspecified atom stereocenters. The largest absolute Gasteiger partial charge is 0.465 e. The van der Waals surface area contributed by atoms with Gasteiger partial charge in [-0.2, -0.15) is 0 Å². The van der Waals surface area contributed by atoms with Crippen LogP contribution in [0, 0.1) is 5.92 Å². The minimum absolute atomic E-state index is 0.0207. The molecule has 0 amide bonds. The van der Waals surface area contributed by atoms with Crippen molar-refractivity contribution in [1.29, 1.82) is 0 Å².